The fourth-order valence-electron chi connectivity index (χ4n) is 4.53. The maximum atomic E-state index is 13.0. The second-order valence-electron chi connectivity index (χ2n) is 8.40. The zero-order valence-electron chi connectivity index (χ0n) is 17.9. The predicted molar refractivity (Wildman–Crippen MR) is 120 cm³/mol. The van der Waals surface area contributed by atoms with E-state index in [0.717, 1.165) is 27.8 Å². The molecule has 1 fully saturated rings. The Morgan fingerprint density at radius 2 is 1.76 bits per heavy atom. The molecule has 3 heterocycles. The minimum Gasteiger partial charge on any atom is -0.465 e. The van der Waals surface area contributed by atoms with Crippen molar-refractivity contribution in [3.63, 3.8) is 0 Å². The summed E-state index contributed by atoms with van der Waals surface area (Å²) in [4.78, 5) is 41.5. The Hall–Kier alpha value is -3.94. The van der Waals surface area contributed by atoms with Gasteiger partial charge in [0.15, 0.2) is 11.5 Å². The van der Waals surface area contributed by atoms with Crippen molar-refractivity contribution in [1.82, 2.24) is 15.2 Å². The average Bonchev–Trinajstić information content (AvgIpc) is 3.44. The lowest BCUT2D eigenvalue weighted by Gasteiger charge is -2.30. The van der Waals surface area contributed by atoms with E-state index in [4.69, 9.17) is 9.52 Å². The molecule has 1 saturated heterocycles. The molecule has 0 spiro atoms. The molecule has 0 saturated carbocycles. The Labute approximate surface area is 190 Å². The van der Waals surface area contributed by atoms with Gasteiger partial charge in [-0.05, 0) is 48.6 Å². The fourth-order valence-corrected chi connectivity index (χ4v) is 4.53. The molecule has 8 nitrogen and oxygen atoms in total. The lowest BCUT2D eigenvalue weighted by Crippen LogP contribution is -2.46. The number of carbonyl (C=O) groups is 3. The summed E-state index contributed by atoms with van der Waals surface area (Å²) in [7, 11) is 0. The van der Waals surface area contributed by atoms with Gasteiger partial charge in [0.1, 0.15) is 5.76 Å². The molecule has 2 amide bonds. The highest BCUT2D eigenvalue weighted by atomic mass is 16.4. The number of furan rings is 1. The number of hydrogen-bond acceptors (Lipinski definition) is 5. The number of amides is 2. The first-order chi connectivity index (χ1) is 16.0. The highest BCUT2D eigenvalue weighted by Crippen LogP contribution is 2.37. The molecule has 168 valence electrons. The summed E-state index contributed by atoms with van der Waals surface area (Å²) in [5, 5.41) is 12.1. The molecule has 1 aliphatic carbocycles. The highest BCUT2D eigenvalue weighted by Gasteiger charge is 2.27. The van der Waals surface area contributed by atoms with Crippen LogP contribution in [0.3, 0.4) is 0 Å². The molecule has 8 heteroatoms. The average molecular weight is 445 g/mol. The standard InChI is InChI=1S/C25H23N3O5/c29-21-4-2-16-13-17(1-3-19(16)21)20-14-22(33-23(20)15-5-9-26-10-6-15)24(30)27-18-7-11-28(12-8-18)25(31)32/h1,3,5-6,9-10,13-14,18H,2,4,7-8,11-12H2,(H,27,30)(H,31,32). The van der Waals surface area contributed by atoms with Crippen LogP contribution in [0.5, 0.6) is 0 Å². The molecular weight excluding hydrogens is 422 g/mol. The van der Waals surface area contributed by atoms with E-state index in [9.17, 15) is 14.4 Å². The van der Waals surface area contributed by atoms with E-state index >= 15 is 0 Å². The van der Waals surface area contributed by atoms with Gasteiger partial charge >= 0.3 is 6.09 Å². The highest BCUT2D eigenvalue weighted by molar-refractivity contribution is 6.01. The van der Waals surface area contributed by atoms with Gasteiger partial charge in [-0.3, -0.25) is 14.6 Å². The molecule has 2 aliphatic rings. The summed E-state index contributed by atoms with van der Waals surface area (Å²) in [6.07, 6.45) is 4.75. The SMILES string of the molecule is O=C(NC1CCN(C(=O)O)CC1)c1cc(-c2ccc3c(c2)CCC3=O)c(-c2ccncc2)o1. The first kappa shape index (κ1) is 20.9. The number of aryl methyl sites for hydroxylation is 1. The third kappa shape index (κ3) is 4.11. The molecule has 2 N–H and O–H groups in total. The van der Waals surface area contributed by atoms with Gasteiger partial charge < -0.3 is 19.7 Å². The van der Waals surface area contributed by atoms with Gasteiger partial charge in [0.2, 0.25) is 0 Å². The number of benzene rings is 1. The Morgan fingerprint density at radius 1 is 1.00 bits per heavy atom. The maximum absolute atomic E-state index is 13.0. The van der Waals surface area contributed by atoms with E-state index in [0.29, 0.717) is 44.5 Å². The molecule has 3 aromatic rings. The fraction of sp³-hybridized carbons (Fsp3) is 0.280. The molecular formula is C25H23N3O5. The van der Waals surface area contributed by atoms with Gasteiger partial charge in [-0.25, -0.2) is 4.79 Å². The van der Waals surface area contributed by atoms with Crippen molar-refractivity contribution in [2.75, 3.05) is 13.1 Å². The number of nitrogens with zero attached hydrogens (tertiary/aromatic N) is 2. The third-order valence-electron chi connectivity index (χ3n) is 6.34. The van der Waals surface area contributed by atoms with Crippen LogP contribution in [-0.4, -0.2) is 51.9 Å². The Bertz CT molecular complexity index is 1230. The number of pyridine rings is 1. The van der Waals surface area contributed by atoms with Crippen molar-refractivity contribution in [3.8, 4) is 22.5 Å². The van der Waals surface area contributed by atoms with Gasteiger partial charge in [-0.2, -0.15) is 0 Å². The van der Waals surface area contributed by atoms with Crippen LogP contribution in [-0.2, 0) is 6.42 Å². The zero-order chi connectivity index (χ0) is 22.9. The maximum Gasteiger partial charge on any atom is 0.407 e. The molecule has 0 unspecified atom stereocenters. The van der Waals surface area contributed by atoms with E-state index < -0.39 is 6.09 Å². The van der Waals surface area contributed by atoms with Crippen LogP contribution in [0.25, 0.3) is 22.5 Å². The van der Waals surface area contributed by atoms with Crippen molar-refractivity contribution < 1.29 is 23.9 Å². The first-order valence-corrected chi connectivity index (χ1v) is 11.0. The van der Waals surface area contributed by atoms with E-state index in [-0.39, 0.29) is 23.5 Å². The number of fused-ring (bicyclic) bond motifs is 1. The molecule has 0 bridgehead atoms. The van der Waals surface area contributed by atoms with E-state index in [1.165, 1.54) is 4.90 Å². The Balaban J connectivity index is 1.44. The largest absolute Gasteiger partial charge is 0.465 e. The first-order valence-electron chi connectivity index (χ1n) is 11.0. The summed E-state index contributed by atoms with van der Waals surface area (Å²) in [6.45, 7) is 0.777. The van der Waals surface area contributed by atoms with Crippen LogP contribution in [0.4, 0.5) is 4.79 Å². The number of aromatic nitrogens is 1. The lowest BCUT2D eigenvalue weighted by molar-refractivity contribution is 0.0880. The van der Waals surface area contributed by atoms with Crippen molar-refractivity contribution in [2.24, 2.45) is 0 Å². The van der Waals surface area contributed by atoms with Crippen molar-refractivity contribution in [2.45, 2.75) is 31.7 Å². The van der Waals surface area contributed by atoms with Crippen LogP contribution in [0.1, 0.15) is 45.7 Å². The smallest absolute Gasteiger partial charge is 0.407 e. The van der Waals surface area contributed by atoms with Crippen LogP contribution in [0.2, 0.25) is 0 Å². The number of likely N-dealkylation sites (tertiary alicyclic amines) is 1. The number of carboxylic acid groups (broad SMARTS) is 1. The topological polar surface area (TPSA) is 113 Å². The number of ketones is 1. The molecule has 1 aromatic carbocycles. The van der Waals surface area contributed by atoms with E-state index in [1.54, 1.807) is 18.5 Å². The van der Waals surface area contributed by atoms with Gasteiger partial charge in [-0.1, -0.05) is 18.2 Å². The monoisotopic (exact) mass is 445 g/mol. The predicted octanol–water partition coefficient (Wildman–Crippen LogP) is 4.01. The van der Waals surface area contributed by atoms with E-state index in [1.807, 2.05) is 30.3 Å². The number of hydrogen-bond donors (Lipinski definition) is 2. The van der Waals surface area contributed by atoms with Gasteiger partial charge in [0.05, 0.1) is 0 Å². The third-order valence-corrected chi connectivity index (χ3v) is 6.34. The number of Topliss-reactive ketones (excluding diaryl/α,β-unsaturated/α-hetero) is 1. The molecule has 0 radical (unpaired) electrons. The van der Waals surface area contributed by atoms with Gasteiger partial charge in [0, 0.05) is 54.6 Å². The summed E-state index contributed by atoms with van der Waals surface area (Å²) in [5.74, 6) is 0.579. The van der Waals surface area contributed by atoms with Gasteiger partial charge in [0.25, 0.3) is 5.91 Å². The van der Waals surface area contributed by atoms with Crippen molar-refractivity contribution in [1.29, 1.82) is 0 Å². The quantitative estimate of drug-likeness (QED) is 0.627. The molecule has 33 heavy (non-hydrogen) atoms. The summed E-state index contributed by atoms with van der Waals surface area (Å²) in [6, 6.07) is 11.0. The number of piperidine rings is 1. The molecule has 0 atom stereocenters. The molecule has 2 aromatic heterocycles. The second kappa shape index (κ2) is 8.54. The van der Waals surface area contributed by atoms with Crippen LogP contribution in [0, 0.1) is 0 Å². The summed E-state index contributed by atoms with van der Waals surface area (Å²) < 4.78 is 6.05. The minimum absolute atomic E-state index is 0.114. The summed E-state index contributed by atoms with van der Waals surface area (Å²) >= 11 is 0. The van der Waals surface area contributed by atoms with Gasteiger partial charge in [-0.15, -0.1) is 0 Å². The normalized spacial score (nSPS) is 16.0. The number of rotatable bonds is 4. The van der Waals surface area contributed by atoms with Crippen LogP contribution in [0.15, 0.2) is 53.2 Å². The number of carbonyl (C=O) groups excluding carboxylic acids is 2. The van der Waals surface area contributed by atoms with Crippen LogP contribution < -0.4 is 5.32 Å². The Morgan fingerprint density at radius 3 is 2.48 bits per heavy atom. The van der Waals surface area contributed by atoms with Crippen LogP contribution >= 0.6 is 0 Å². The van der Waals surface area contributed by atoms with Crippen molar-refractivity contribution >= 4 is 17.8 Å². The van der Waals surface area contributed by atoms with Crippen molar-refractivity contribution in [3.05, 3.63) is 65.7 Å². The minimum atomic E-state index is -0.937. The summed E-state index contributed by atoms with van der Waals surface area (Å²) in [5.41, 5.74) is 4.22. The zero-order valence-corrected chi connectivity index (χ0v) is 17.9. The number of nitrogens with one attached hydrogen (secondary N) is 1. The second-order valence-corrected chi connectivity index (χ2v) is 8.40. The molecule has 1 aliphatic heterocycles. The van der Waals surface area contributed by atoms with E-state index in [2.05, 4.69) is 10.3 Å². The molecule has 5 rings (SSSR count). The Kier molecular flexibility index (Phi) is 5.42. The lowest BCUT2D eigenvalue weighted by atomic mass is 9.98.